The van der Waals surface area contributed by atoms with Gasteiger partial charge in [-0.3, -0.25) is 0 Å². The van der Waals surface area contributed by atoms with E-state index in [1.165, 1.54) is 0 Å². The van der Waals surface area contributed by atoms with Crippen molar-refractivity contribution in [3.63, 3.8) is 0 Å². The highest BCUT2D eigenvalue weighted by Gasteiger charge is 2.41. The lowest BCUT2D eigenvalue weighted by molar-refractivity contribution is -0.187. The zero-order valence-electron chi connectivity index (χ0n) is 10.9. The molecule has 0 N–H and O–H groups in total. The maximum absolute atomic E-state index is 10.9. The van der Waals surface area contributed by atoms with E-state index in [1.807, 2.05) is 10.8 Å². The van der Waals surface area contributed by atoms with Gasteiger partial charge < -0.3 is 14.0 Å². The summed E-state index contributed by atoms with van der Waals surface area (Å²) in [4.78, 5) is 4.02. The average Bonchev–Trinajstić information content (AvgIpc) is 3.00. The number of imidazole rings is 1. The van der Waals surface area contributed by atoms with Gasteiger partial charge in [0, 0.05) is 18.8 Å². The van der Waals surface area contributed by atoms with Crippen LogP contribution in [0.3, 0.4) is 0 Å². The van der Waals surface area contributed by atoms with Gasteiger partial charge in [0.1, 0.15) is 12.7 Å². The van der Waals surface area contributed by atoms with Crippen molar-refractivity contribution < 1.29 is 14.6 Å². The summed E-state index contributed by atoms with van der Waals surface area (Å²) in [6.45, 7) is 2.94. The van der Waals surface area contributed by atoms with E-state index in [2.05, 4.69) is 11.9 Å². The molecule has 2 atom stereocenters. The topological polar surface area (TPSA) is 56.2 Å². The quantitative estimate of drug-likeness (QED) is 0.698. The standard InChI is InChI=1S/C13H21N2O3/c1-2-3-4-5-13(10-15-7-6-14-11-15)17-9-12(8-16)18-13/h6-7,11-12H,2-5,8-10H2,1H3. The molecule has 1 aromatic rings. The van der Waals surface area contributed by atoms with Gasteiger partial charge in [0.15, 0.2) is 5.79 Å². The lowest BCUT2D eigenvalue weighted by atomic mass is 10.1. The minimum atomic E-state index is -0.634. The van der Waals surface area contributed by atoms with Crippen molar-refractivity contribution in [2.75, 3.05) is 13.2 Å². The van der Waals surface area contributed by atoms with Gasteiger partial charge in [-0.05, 0) is 6.42 Å². The molecule has 1 aliphatic heterocycles. The van der Waals surface area contributed by atoms with Crippen LogP contribution in [0.4, 0.5) is 0 Å². The maximum Gasteiger partial charge on any atom is 0.186 e. The minimum Gasteiger partial charge on any atom is -0.345 e. The molecule has 0 aliphatic carbocycles. The largest absolute Gasteiger partial charge is 0.345 e. The lowest BCUT2D eigenvalue weighted by Gasteiger charge is -2.28. The van der Waals surface area contributed by atoms with Crippen molar-refractivity contribution in [1.82, 2.24) is 9.55 Å². The minimum absolute atomic E-state index is 0.237. The van der Waals surface area contributed by atoms with E-state index in [4.69, 9.17) is 9.47 Å². The fourth-order valence-corrected chi connectivity index (χ4v) is 2.29. The molecule has 0 aromatic carbocycles. The zero-order valence-corrected chi connectivity index (χ0v) is 10.9. The van der Waals surface area contributed by atoms with Gasteiger partial charge in [-0.15, -0.1) is 0 Å². The van der Waals surface area contributed by atoms with Gasteiger partial charge in [0.2, 0.25) is 0 Å². The number of hydrogen-bond donors (Lipinski definition) is 0. The van der Waals surface area contributed by atoms with Crippen molar-refractivity contribution in [3.05, 3.63) is 18.7 Å². The number of nitrogens with zero attached hydrogens (tertiary/aromatic N) is 2. The van der Waals surface area contributed by atoms with Crippen molar-refractivity contribution >= 4 is 0 Å². The molecule has 1 aromatic heterocycles. The Bertz CT molecular complexity index is 342. The van der Waals surface area contributed by atoms with Crippen LogP contribution >= 0.6 is 0 Å². The second-order valence-corrected chi connectivity index (χ2v) is 4.82. The predicted octanol–water partition coefficient (Wildman–Crippen LogP) is 2.01. The van der Waals surface area contributed by atoms with E-state index in [-0.39, 0.29) is 12.7 Å². The fraction of sp³-hybridized carbons (Fsp3) is 0.769. The molecule has 1 fully saturated rings. The molecule has 2 rings (SSSR count). The van der Waals surface area contributed by atoms with E-state index in [9.17, 15) is 5.11 Å². The number of hydrogen-bond acceptors (Lipinski definition) is 3. The van der Waals surface area contributed by atoms with Crippen LogP contribution in [-0.2, 0) is 21.1 Å². The second-order valence-electron chi connectivity index (χ2n) is 4.82. The van der Waals surface area contributed by atoms with Crippen molar-refractivity contribution in [2.24, 2.45) is 0 Å². The number of unbranched alkanes of at least 4 members (excludes halogenated alkanes) is 2. The Morgan fingerprint density at radius 2 is 2.39 bits per heavy atom. The summed E-state index contributed by atoms with van der Waals surface area (Å²) in [6, 6.07) is 0. The zero-order chi connectivity index (χ0) is 12.8. The van der Waals surface area contributed by atoms with E-state index in [0.717, 1.165) is 25.7 Å². The summed E-state index contributed by atoms with van der Waals surface area (Å²) >= 11 is 0. The molecule has 5 heteroatoms. The smallest absolute Gasteiger partial charge is 0.186 e. The average molecular weight is 253 g/mol. The Labute approximate surface area is 108 Å². The molecule has 0 amide bonds. The molecule has 2 unspecified atom stereocenters. The van der Waals surface area contributed by atoms with Crippen LogP contribution in [0.5, 0.6) is 0 Å². The Morgan fingerprint density at radius 3 is 3.00 bits per heavy atom. The second kappa shape index (κ2) is 6.31. The molecular weight excluding hydrogens is 232 g/mol. The first-order chi connectivity index (χ1) is 8.78. The Balaban J connectivity index is 1.98. The third-order valence-corrected chi connectivity index (χ3v) is 3.24. The van der Waals surface area contributed by atoms with E-state index >= 15 is 0 Å². The molecule has 2 heterocycles. The summed E-state index contributed by atoms with van der Waals surface area (Å²) < 4.78 is 13.6. The highest BCUT2D eigenvalue weighted by Crippen LogP contribution is 2.31. The van der Waals surface area contributed by atoms with Crippen molar-refractivity contribution in [1.29, 1.82) is 0 Å². The van der Waals surface area contributed by atoms with E-state index < -0.39 is 5.79 Å². The highest BCUT2D eigenvalue weighted by atomic mass is 16.7. The van der Waals surface area contributed by atoms with Gasteiger partial charge in [-0.25, -0.2) is 10.1 Å². The SMILES string of the molecule is CCCCCC1(Cn2ccnc2)OCC(C[O])O1. The van der Waals surface area contributed by atoms with Crippen LogP contribution in [0.1, 0.15) is 32.6 Å². The first-order valence-electron chi connectivity index (χ1n) is 6.63. The Kier molecular flexibility index (Phi) is 4.74. The molecule has 0 spiro atoms. The van der Waals surface area contributed by atoms with Gasteiger partial charge in [0.25, 0.3) is 0 Å². The molecule has 1 aliphatic rings. The summed E-state index contributed by atoms with van der Waals surface area (Å²) in [5.41, 5.74) is 0. The van der Waals surface area contributed by atoms with Crippen molar-refractivity contribution in [2.45, 2.75) is 51.0 Å². The molecule has 101 valence electrons. The molecule has 1 saturated heterocycles. The lowest BCUT2D eigenvalue weighted by Crippen LogP contribution is -2.36. The molecule has 0 bridgehead atoms. The van der Waals surface area contributed by atoms with Gasteiger partial charge in [-0.1, -0.05) is 19.8 Å². The summed E-state index contributed by atoms with van der Waals surface area (Å²) in [6.07, 6.45) is 9.26. The summed E-state index contributed by atoms with van der Waals surface area (Å²) in [7, 11) is 0. The molecular formula is C13H21N2O3. The van der Waals surface area contributed by atoms with Crippen molar-refractivity contribution in [3.8, 4) is 0 Å². The fourth-order valence-electron chi connectivity index (χ4n) is 2.29. The van der Waals surface area contributed by atoms with Crippen LogP contribution < -0.4 is 0 Å². The third-order valence-electron chi connectivity index (χ3n) is 3.24. The third kappa shape index (κ3) is 3.31. The predicted molar refractivity (Wildman–Crippen MR) is 65.5 cm³/mol. The van der Waals surface area contributed by atoms with Gasteiger partial charge in [0.05, 0.1) is 19.5 Å². The van der Waals surface area contributed by atoms with Crippen LogP contribution in [0.2, 0.25) is 0 Å². The van der Waals surface area contributed by atoms with E-state index in [1.54, 1.807) is 12.5 Å². The summed E-state index contributed by atoms with van der Waals surface area (Å²) in [5.74, 6) is -0.634. The maximum atomic E-state index is 10.9. The van der Waals surface area contributed by atoms with Gasteiger partial charge >= 0.3 is 0 Å². The van der Waals surface area contributed by atoms with E-state index in [0.29, 0.717) is 13.2 Å². The molecule has 18 heavy (non-hydrogen) atoms. The normalized spacial score (nSPS) is 27.8. The van der Waals surface area contributed by atoms with Gasteiger partial charge in [-0.2, -0.15) is 0 Å². The highest BCUT2D eigenvalue weighted by molar-refractivity contribution is 4.83. The number of aromatic nitrogens is 2. The molecule has 1 radical (unpaired) electrons. The first-order valence-corrected chi connectivity index (χ1v) is 6.63. The van der Waals surface area contributed by atoms with Crippen LogP contribution in [0.15, 0.2) is 18.7 Å². The first kappa shape index (κ1) is 13.5. The van der Waals surface area contributed by atoms with Crippen LogP contribution in [-0.4, -0.2) is 34.7 Å². The monoisotopic (exact) mass is 253 g/mol. The summed E-state index contributed by atoms with van der Waals surface area (Å²) in [5, 5.41) is 10.9. The Morgan fingerprint density at radius 1 is 1.50 bits per heavy atom. The molecule has 0 saturated carbocycles. The van der Waals surface area contributed by atoms with Crippen LogP contribution in [0, 0.1) is 0 Å². The number of rotatable bonds is 7. The molecule has 5 nitrogen and oxygen atoms in total. The number of ether oxygens (including phenoxy) is 2. The van der Waals surface area contributed by atoms with Crippen LogP contribution in [0.25, 0.3) is 0 Å². The Hall–Kier alpha value is -0.910.